The second-order valence-electron chi connectivity index (χ2n) is 4.06. The van der Waals surface area contributed by atoms with Crippen molar-refractivity contribution in [3.8, 4) is 0 Å². The van der Waals surface area contributed by atoms with E-state index in [-0.39, 0.29) is 6.54 Å². The molecule has 0 saturated carbocycles. The lowest BCUT2D eigenvalue weighted by molar-refractivity contribution is 0.112. The quantitative estimate of drug-likeness (QED) is 0.827. The highest BCUT2D eigenvalue weighted by Gasteiger charge is 2.03. The predicted octanol–water partition coefficient (Wildman–Crippen LogP) is 3.42. The molecule has 0 fully saturated rings. The van der Waals surface area contributed by atoms with E-state index in [1.807, 2.05) is 42.5 Å². The monoisotopic (exact) mass is 287 g/mol. The fraction of sp³-hybridized carbons (Fsp3) is 0.0667. The lowest BCUT2D eigenvalue weighted by Gasteiger charge is -2.06. The van der Waals surface area contributed by atoms with E-state index in [4.69, 9.17) is 5.11 Å². The Bertz CT molecular complexity index is 611. The van der Waals surface area contributed by atoms with E-state index in [2.05, 4.69) is 5.32 Å². The van der Waals surface area contributed by atoms with Crippen LogP contribution in [0.2, 0.25) is 0 Å². The highest BCUT2D eigenvalue weighted by atomic mass is 32.2. The number of amides is 1. The van der Waals surface area contributed by atoms with Gasteiger partial charge in [0.05, 0.1) is 0 Å². The first-order valence-electron chi connectivity index (χ1n) is 5.97. The molecule has 0 bridgehead atoms. The fourth-order valence-electron chi connectivity index (χ4n) is 1.65. The Kier molecular flexibility index (Phi) is 4.79. The van der Waals surface area contributed by atoms with Gasteiger partial charge >= 0.3 is 6.09 Å². The van der Waals surface area contributed by atoms with Crippen LogP contribution in [0, 0.1) is 0 Å². The Hall–Kier alpha value is -2.27. The Morgan fingerprint density at radius 1 is 1.15 bits per heavy atom. The molecular weight excluding hydrogens is 274 g/mol. The smallest absolute Gasteiger partial charge is 0.404 e. The van der Waals surface area contributed by atoms with Gasteiger partial charge in [-0.3, -0.25) is 4.79 Å². The van der Waals surface area contributed by atoms with E-state index in [1.54, 1.807) is 6.07 Å². The number of rotatable bonds is 5. The lowest BCUT2D eigenvalue weighted by atomic mass is 10.2. The van der Waals surface area contributed by atoms with Gasteiger partial charge in [0.25, 0.3) is 0 Å². The van der Waals surface area contributed by atoms with Crippen LogP contribution in [0.25, 0.3) is 0 Å². The molecule has 0 spiro atoms. The molecule has 0 saturated heterocycles. The van der Waals surface area contributed by atoms with Crippen molar-refractivity contribution >= 4 is 24.1 Å². The van der Waals surface area contributed by atoms with Crippen molar-refractivity contribution in [2.45, 2.75) is 16.3 Å². The van der Waals surface area contributed by atoms with Gasteiger partial charge in [0, 0.05) is 21.9 Å². The molecule has 0 aromatic heterocycles. The summed E-state index contributed by atoms with van der Waals surface area (Å²) in [7, 11) is 0. The topological polar surface area (TPSA) is 66.4 Å². The van der Waals surface area contributed by atoms with Gasteiger partial charge in [-0.15, -0.1) is 0 Å². The van der Waals surface area contributed by atoms with Crippen molar-refractivity contribution in [1.82, 2.24) is 5.32 Å². The number of aldehydes is 1. The van der Waals surface area contributed by atoms with Crippen molar-refractivity contribution in [3.05, 3.63) is 59.7 Å². The number of nitrogens with one attached hydrogen (secondary N) is 1. The lowest BCUT2D eigenvalue weighted by Crippen LogP contribution is -2.19. The van der Waals surface area contributed by atoms with Gasteiger partial charge in [0.15, 0.2) is 6.29 Å². The van der Waals surface area contributed by atoms with E-state index in [0.29, 0.717) is 5.56 Å². The maximum Gasteiger partial charge on any atom is 0.404 e. The number of carbonyl (C=O) groups is 2. The van der Waals surface area contributed by atoms with Gasteiger partial charge in [-0.1, -0.05) is 42.1 Å². The van der Waals surface area contributed by atoms with Crippen LogP contribution < -0.4 is 5.32 Å². The van der Waals surface area contributed by atoms with Crippen LogP contribution in [0.4, 0.5) is 4.79 Å². The molecule has 2 rings (SSSR count). The molecule has 20 heavy (non-hydrogen) atoms. The van der Waals surface area contributed by atoms with Crippen LogP contribution in [0.15, 0.2) is 58.3 Å². The zero-order valence-corrected chi connectivity index (χ0v) is 11.4. The zero-order valence-electron chi connectivity index (χ0n) is 10.6. The Morgan fingerprint density at radius 2 is 1.85 bits per heavy atom. The van der Waals surface area contributed by atoms with Crippen molar-refractivity contribution in [3.63, 3.8) is 0 Å². The summed E-state index contributed by atoms with van der Waals surface area (Å²) in [5.41, 5.74) is 1.55. The minimum absolute atomic E-state index is 0.283. The normalized spacial score (nSPS) is 10.0. The third-order valence-corrected chi connectivity index (χ3v) is 3.74. The molecule has 0 radical (unpaired) electrons. The minimum atomic E-state index is -1.04. The number of hydrogen-bond donors (Lipinski definition) is 2. The maximum atomic E-state index is 10.9. The van der Waals surface area contributed by atoms with E-state index in [1.165, 1.54) is 11.8 Å². The summed E-state index contributed by atoms with van der Waals surface area (Å²) >= 11 is 1.50. The van der Waals surface area contributed by atoms with Gasteiger partial charge in [-0.2, -0.15) is 0 Å². The van der Waals surface area contributed by atoms with E-state index >= 15 is 0 Å². The summed E-state index contributed by atoms with van der Waals surface area (Å²) in [6.45, 7) is 0.283. The Morgan fingerprint density at radius 3 is 2.50 bits per heavy atom. The summed E-state index contributed by atoms with van der Waals surface area (Å²) < 4.78 is 0. The van der Waals surface area contributed by atoms with Crippen molar-refractivity contribution < 1.29 is 14.7 Å². The molecule has 5 heteroatoms. The summed E-state index contributed by atoms with van der Waals surface area (Å²) in [6, 6.07) is 14.9. The molecule has 2 aromatic carbocycles. The molecule has 0 heterocycles. The fourth-order valence-corrected chi connectivity index (χ4v) is 2.56. The van der Waals surface area contributed by atoms with Crippen molar-refractivity contribution in [2.24, 2.45) is 0 Å². The molecular formula is C15H13NO3S. The summed E-state index contributed by atoms with van der Waals surface area (Å²) in [5, 5.41) is 10.8. The van der Waals surface area contributed by atoms with Crippen LogP contribution in [-0.2, 0) is 6.54 Å². The zero-order chi connectivity index (χ0) is 14.4. The van der Waals surface area contributed by atoms with Crippen LogP contribution >= 0.6 is 11.8 Å². The largest absolute Gasteiger partial charge is 0.465 e. The number of hydrogen-bond acceptors (Lipinski definition) is 3. The number of benzene rings is 2. The minimum Gasteiger partial charge on any atom is -0.465 e. The van der Waals surface area contributed by atoms with Gasteiger partial charge in [-0.05, 0) is 23.8 Å². The van der Waals surface area contributed by atoms with Gasteiger partial charge in [0.1, 0.15) is 0 Å². The maximum absolute atomic E-state index is 10.9. The molecule has 0 aliphatic heterocycles. The summed E-state index contributed by atoms with van der Waals surface area (Å²) in [5.74, 6) is 0. The molecule has 0 aliphatic carbocycles. The standard InChI is InChI=1S/C15H13NO3S/c17-10-12-3-1-2-4-14(12)20-13-7-5-11(6-8-13)9-16-15(18)19/h1-8,10,16H,9H2,(H,18,19). The first-order valence-corrected chi connectivity index (χ1v) is 6.78. The summed E-state index contributed by atoms with van der Waals surface area (Å²) in [6.07, 6.45) is -0.198. The molecule has 4 nitrogen and oxygen atoms in total. The Balaban J connectivity index is 2.07. The molecule has 2 aromatic rings. The first kappa shape index (κ1) is 14.1. The van der Waals surface area contributed by atoms with Gasteiger partial charge < -0.3 is 10.4 Å². The van der Waals surface area contributed by atoms with Gasteiger partial charge in [-0.25, -0.2) is 4.79 Å². The van der Waals surface area contributed by atoms with Crippen LogP contribution in [0.1, 0.15) is 15.9 Å². The SMILES string of the molecule is O=Cc1ccccc1Sc1ccc(CNC(=O)O)cc1. The molecule has 0 unspecified atom stereocenters. The predicted molar refractivity (Wildman–Crippen MR) is 77.3 cm³/mol. The molecule has 2 N–H and O–H groups in total. The first-order chi connectivity index (χ1) is 9.69. The third-order valence-electron chi connectivity index (χ3n) is 2.64. The number of carbonyl (C=O) groups excluding carboxylic acids is 1. The average molecular weight is 287 g/mol. The third kappa shape index (κ3) is 3.86. The van der Waals surface area contributed by atoms with E-state index < -0.39 is 6.09 Å². The second kappa shape index (κ2) is 6.77. The molecule has 1 amide bonds. The summed E-state index contributed by atoms with van der Waals surface area (Å²) in [4.78, 5) is 23.2. The van der Waals surface area contributed by atoms with Gasteiger partial charge in [0.2, 0.25) is 0 Å². The van der Waals surface area contributed by atoms with Crippen LogP contribution in [0.5, 0.6) is 0 Å². The molecule has 0 atom stereocenters. The highest BCUT2D eigenvalue weighted by molar-refractivity contribution is 7.99. The Labute approximate surface area is 120 Å². The van der Waals surface area contributed by atoms with Crippen LogP contribution in [-0.4, -0.2) is 17.5 Å². The highest BCUT2D eigenvalue weighted by Crippen LogP contribution is 2.29. The van der Waals surface area contributed by atoms with Crippen molar-refractivity contribution in [1.29, 1.82) is 0 Å². The van der Waals surface area contributed by atoms with Crippen LogP contribution in [0.3, 0.4) is 0 Å². The molecule has 102 valence electrons. The van der Waals surface area contributed by atoms with E-state index in [9.17, 15) is 9.59 Å². The number of carboxylic acid groups (broad SMARTS) is 1. The van der Waals surface area contributed by atoms with E-state index in [0.717, 1.165) is 21.6 Å². The van der Waals surface area contributed by atoms with Crippen molar-refractivity contribution in [2.75, 3.05) is 0 Å². The second-order valence-corrected chi connectivity index (χ2v) is 5.18. The average Bonchev–Trinajstić information content (AvgIpc) is 2.47. The molecule has 0 aliphatic rings.